The molecule has 21 heavy (non-hydrogen) atoms. The van der Waals surface area contributed by atoms with Gasteiger partial charge in [0, 0.05) is 5.69 Å². The summed E-state index contributed by atoms with van der Waals surface area (Å²) in [6.07, 6.45) is 0. The highest BCUT2D eigenvalue weighted by Crippen LogP contribution is 2.25. The number of hydrogen-bond donors (Lipinski definition) is 1. The number of halogens is 2. The largest absolute Gasteiger partial charge is 0.482 e. The first-order valence-corrected chi connectivity index (χ1v) is 6.35. The monoisotopic (exact) mass is 304 g/mol. The molecule has 0 aromatic heterocycles. The molecule has 1 N–H and O–H groups in total. The molecule has 0 saturated carbocycles. The normalized spacial score (nSPS) is 9.76. The van der Waals surface area contributed by atoms with Crippen LogP contribution in [0.2, 0.25) is 5.02 Å². The van der Waals surface area contributed by atoms with Gasteiger partial charge in [-0.2, -0.15) is 5.26 Å². The van der Waals surface area contributed by atoms with Gasteiger partial charge in [-0.05, 0) is 36.4 Å². The second kappa shape index (κ2) is 6.73. The van der Waals surface area contributed by atoms with E-state index < -0.39 is 5.91 Å². The molecule has 106 valence electrons. The number of hydrogen-bond acceptors (Lipinski definition) is 3. The molecule has 1 amide bonds. The minimum absolute atomic E-state index is 0.175. The lowest BCUT2D eigenvalue weighted by Gasteiger charge is -2.09. The van der Waals surface area contributed by atoms with E-state index in [0.717, 1.165) is 0 Å². The van der Waals surface area contributed by atoms with Crippen LogP contribution in [0.4, 0.5) is 10.1 Å². The van der Waals surface area contributed by atoms with Crippen LogP contribution >= 0.6 is 11.6 Å². The maximum Gasteiger partial charge on any atom is 0.262 e. The van der Waals surface area contributed by atoms with Crippen molar-refractivity contribution in [2.75, 3.05) is 11.9 Å². The zero-order valence-corrected chi connectivity index (χ0v) is 11.5. The summed E-state index contributed by atoms with van der Waals surface area (Å²) < 4.78 is 18.0. The summed E-state index contributed by atoms with van der Waals surface area (Å²) >= 11 is 5.85. The van der Waals surface area contributed by atoms with Crippen LogP contribution < -0.4 is 10.1 Å². The van der Waals surface area contributed by atoms with Crippen LogP contribution in [0.5, 0.6) is 5.75 Å². The van der Waals surface area contributed by atoms with Gasteiger partial charge in [0.05, 0.1) is 5.02 Å². The molecule has 0 atom stereocenters. The van der Waals surface area contributed by atoms with Gasteiger partial charge in [-0.25, -0.2) is 4.39 Å². The predicted octanol–water partition coefficient (Wildman–Crippen LogP) is 3.37. The Balaban J connectivity index is 1.97. The Labute approximate surface area is 125 Å². The van der Waals surface area contributed by atoms with Crippen LogP contribution in [0.25, 0.3) is 0 Å². The van der Waals surface area contributed by atoms with Crippen molar-refractivity contribution in [3.63, 3.8) is 0 Å². The van der Waals surface area contributed by atoms with E-state index >= 15 is 0 Å². The zero-order valence-electron chi connectivity index (χ0n) is 10.8. The molecule has 2 rings (SSSR count). The van der Waals surface area contributed by atoms with Gasteiger partial charge in [-0.1, -0.05) is 17.7 Å². The smallest absolute Gasteiger partial charge is 0.262 e. The second-order valence-corrected chi connectivity index (χ2v) is 4.48. The first-order chi connectivity index (χ1) is 10.1. The summed E-state index contributed by atoms with van der Waals surface area (Å²) in [6.45, 7) is -0.285. The molecule has 2 aromatic rings. The van der Waals surface area contributed by atoms with Crippen molar-refractivity contribution >= 4 is 23.2 Å². The third-order valence-corrected chi connectivity index (χ3v) is 2.89. The minimum atomic E-state index is -0.425. The maximum atomic E-state index is 12.7. The topological polar surface area (TPSA) is 62.1 Å². The predicted molar refractivity (Wildman–Crippen MR) is 76.7 cm³/mol. The first kappa shape index (κ1) is 14.8. The van der Waals surface area contributed by atoms with E-state index in [1.807, 2.05) is 6.07 Å². The van der Waals surface area contributed by atoms with Crippen molar-refractivity contribution < 1.29 is 13.9 Å². The molecule has 0 spiro atoms. The Kier molecular flexibility index (Phi) is 4.75. The molecule has 0 fully saturated rings. The van der Waals surface area contributed by atoms with Crippen molar-refractivity contribution in [3.05, 3.63) is 58.9 Å². The molecular formula is C15H10ClFN2O2. The number of anilines is 1. The summed E-state index contributed by atoms with van der Waals surface area (Å²) in [7, 11) is 0. The number of nitriles is 1. The van der Waals surface area contributed by atoms with Crippen molar-refractivity contribution in [2.24, 2.45) is 0 Å². The third kappa shape index (κ3) is 3.94. The molecular weight excluding hydrogens is 295 g/mol. The van der Waals surface area contributed by atoms with Gasteiger partial charge >= 0.3 is 0 Å². The number of rotatable bonds is 4. The second-order valence-electron chi connectivity index (χ2n) is 4.07. The van der Waals surface area contributed by atoms with Gasteiger partial charge < -0.3 is 10.1 Å². The number of ether oxygens (including phenoxy) is 1. The standard InChI is InChI=1S/C15H10ClFN2O2/c16-13-2-1-3-14(12(13)8-18)21-9-15(20)19-11-6-4-10(17)5-7-11/h1-7H,9H2,(H,19,20). The number of amides is 1. The minimum Gasteiger partial charge on any atom is -0.482 e. The van der Waals surface area contributed by atoms with Gasteiger partial charge in [-0.15, -0.1) is 0 Å². The maximum absolute atomic E-state index is 12.7. The van der Waals surface area contributed by atoms with Crippen LogP contribution in [0.15, 0.2) is 42.5 Å². The van der Waals surface area contributed by atoms with Gasteiger partial charge in [0.15, 0.2) is 6.61 Å². The average molecular weight is 305 g/mol. The number of carbonyl (C=O) groups is 1. The SMILES string of the molecule is N#Cc1c(Cl)cccc1OCC(=O)Nc1ccc(F)cc1. The van der Waals surface area contributed by atoms with Gasteiger partial charge in [0.1, 0.15) is 23.2 Å². The van der Waals surface area contributed by atoms with E-state index in [0.29, 0.717) is 5.69 Å². The summed E-state index contributed by atoms with van der Waals surface area (Å²) in [6, 6.07) is 12.0. The van der Waals surface area contributed by atoms with Crippen molar-refractivity contribution in [1.82, 2.24) is 0 Å². The molecule has 0 heterocycles. The van der Waals surface area contributed by atoms with Crippen LogP contribution in [0.1, 0.15) is 5.56 Å². The molecule has 6 heteroatoms. The van der Waals surface area contributed by atoms with Crippen molar-refractivity contribution in [2.45, 2.75) is 0 Å². The quantitative estimate of drug-likeness (QED) is 0.942. The van der Waals surface area contributed by atoms with Crippen LogP contribution in [-0.2, 0) is 4.79 Å². The number of carbonyl (C=O) groups excluding carboxylic acids is 1. The molecule has 2 aromatic carbocycles. The first-order valence-electron chi connectivity index (χ1n) is 5.97. The van der Waals surface area contributed by atoms with Gasteiger partial charge in [0.25, 0.3) is 5.91 Å². The lowest BCUT2D eigenvalue weighted by molar-refractivity contribution is -0.118. The number of nitrogens with zero attached hydrogens (tertiary/aromatic N) is 1. The molecule has 0 radical (unpaired) electrons. The fourth-order valence-electron chi connectivity index (χ4n) is 1.61. The molecule has 4 nitrogen and oxygen atoms in total. The summed E-state index contributed by atoms with van der Waals surface area (Å²) in [5.74, 6) is -0.577. The summed E-state index contributed by atoms with van der Waals surface area (Å²) in [4.78, 5) is 11.7. The molecule has 0 aliphatic rings. The highest BCUT2D eigenvalue weighted by Gasteiger charge is 2.10. The Morgan fingerprint density at radius 1 is 1.29 bits per heavy atom. The zero-order chi connectivity index (χ0) is 15.2. The van der Waals surface area contributed by atoms with Gasteiger partial charge in [0.2, 0.25) is 0 Å². The lowest BCUT2D eigenvalue weighted by atomic mass is 10.2. The van der Waals surface area contributed by atoms with E-state index in [1.54, 1.807) is 18.2 Å². The third-order valence-electron chi connectivity index (χ3n) is 2.57. The average Bonchev–Trinajstić information content (AvgIpc) is 2.47. The lowest BCUT2D eigenvalue weighted by Crippen LogP contribution is -2.20. The Bertz CT molecular complexity index is 696. The molecule has 0 saturated heterocycles. The van der Waals surface area contributed by atoms with E-state index in [1.165, 1.54) is 24.3 Å². The van der Waals surface area contributed by atoms with Crippen LogP contribution in [-0.4, -0.2) is 12.5 Å². The summed E-state index contributed by atoms with van der Waals surface area (Å²) in [5, 5.41) is 11.8. The van der Waals surface area contributed by atoms with Crippen molar-refractivity contribution in [3.8, 4) is 11.8 Å². The van der Waals surface area contributed by atoms with Crippen LogP contribution in [0.3, 0.4) is 0 Å². The molecule has 0 bridgehead atoms. The Morgan fingerprint density at radius 2 is 2.00 bits per heavy atom. The fraction of sp³-hybridized carbons (Fsp3) is 0.0667. The summed E-state index contributed by atoms with van der Waals surface area (Å²) in [5.41, 5.74) is 0.630. The molecule has 0 unspecified atom stereocenters. The van der Waals surface area contributed by atoms with Crippen molar-refractivity contribution in [1.29, 1.82) is 5.26 Å². The van der Waals surface area contributed by atoms with E-state index in [4.69, 9.17) is 21.6 Å². The fourth-order valence-corrected chi connectivity index (χ4v) is 1.81. The highest BCUT2D eigenvalue weighted by molar-refractivity contribution is 6.31. The number of benzene rings is 2. The Morgan fingerprint density at radius 3 is 2.67 bits per heavy atom. The van der Waals surface area contributed by atoms with Gasteiger partial charge in [-0.3, -0.25) is 4.79 Å². The Hall–Kier alpha value is -2.58. The molecule has 0 aliphatic heterocycles. The number of nitrogens with one attached hydrogen (secondary N) is 1. The van der Waals surface area contributed by atoms with Crippen LogP contribution in [0, 0.1) is 17.1 Å². The van der Waals surface area contributed by atoms with E-state index in [-0.39, 0.29) is 28.8 Å². The van der Waals surface area contributed by atoms with E-state index in [9.17, 15) is 9.18 Å². The molecule has 0 aliphatic carbocycles. The van der Waals surface area contributed by atoms with E-state index in [2.05, 4.69) is 5.32 Å². The highest BCUT2D eigenvalue weighted by atomic mass is 35.5.